The molecule has 42 heavy (non-hydrogen) atoms. The fraction of sp³-hybridized carbons (Fsp3) is 0.200. The maximum atomic E-state index is 13.1. The second-order valence-electron chi connectivity index (χ2n) is 10.3. The van der Waals surface area contributed by atoms with Crippen molar-refractivity contribution in [2.24, 2.45) is 0 Å². The first kappa shape index (κ1) is 29.0. The summed E-state index contributed by atoms with van der Waals surface area (Å²) in [5.41, 5.74) is 1.80. The minimum atomic E-state index is -0.530. The van der Waals surface area contributed by atoms with Gasteiger partial charge in [-0.05, 0) is 36.4 Å². The average Bonchev–Trinajstić information content (AvgIpc) is 3.38. The Morgan fingerprint density at radius 1 is 0.905 bits per heavy atom. The molecule has 0 fully saturated rings. The normalized spacial score (nSPS) is 11.3. The number of benzene rings is 2. The number of hydrogen-bond donors (Lipinski definition) is 3. The summed E-state index contributed by atoms with van der Waals surface area (Å²) in [7, 11) is 3.13. The van der Waals surface area contributed by atoms with Crippen molar-refractivity contribution < 1.29 is 19.0 Å². The average molecular weight is 607 g/mol. The van der Waals surface area contributed by atoms with Gasteiger partial charge in [-0.2, -0.15) is 0 Å². The first-order valence-corrected chi connectivity index (χ1v) is 13.6. The number of nitrogens with zero attached hydrogens (tertiary/aromatic N) is 3. The van der Waals surface area contributed by atoms with Gasteiger partial charge in [0.15, 0.2) is 11.5 Å². The van der Waals surface area contributed by atoms with Gasteiger partial charge in [-0.15, -0.1) is 0 Å². The summed E-state index contributed by atoms with van der Waals surface area (Å²) in [6, 6.07) is 13.3. The molecule has 0 spiro atoms. The number of aromatic nitrogens is 4. The lowest BCUT2D eigenvalue weighted by Crippen LogP contribution is -2.20. The number of rotatable bonds is 7. The van der Waals surface area contributed by atoms with Crippen molar-refractivity contribution >= 4 is 51.6 Å². The fourth-order valence-electron chi connectivity index (χ4n) is 4.17. The molecule has 0 aliphatic carbocycles. The zero-order valence-corrected chi connectivity index (χ0v) is 25.0. The number of anilines is 2. The molecule has 216 valence electrons. The molecular formula is C30H28Cl2N6O4. The molecule has 3 heterocycles. The minimum absolute atomic E-state index is 0.270. The van der Waals surface area contributed by atoms with Crippen molar-refractivity contribution in [3.8, 4) is 34.3 Å². The number of aromatic amines is 1. The lowest BCUT2D eigenvalue weighted by Gasteiger charge is -2.14. The van der Waals surface area contributed by atoms with Crippen LogP contribution in [0.2, 0.25) is 10.2 Å². The smallest absolute Gasteiger partial charge is 0.324 e. The van der Waals surface area contributed by atoms with Crippen LogP contribution in [-0.4, -0.2) is 40.2 Å². The molecule has 5 aromatic rings. The molecule has 3 aromatic heterocycles. The number of hydrogen-bond acceptors (Lipinski definition) is 7. The first-order chi connectivity index (χ1) is 20.1. The molecule has 0 saturated carbocycles. The topological polar surface area (TPSA) is 123 Å². The molecule has 0 unspecified atom stereocenters. The third-order valence-electron chi connectivity index (χ3n) is 6.29. The predicted molar refractivity (Wildman–Crippen MR) is 165 cm³/mol. The minimum Gasteiger partial charge on any atom is -0.493 e. The summed E-state index contributed by atoms with van der Waals surface area (Å²) >= 11 is 12.9. The predicted octanol–water partition coefficient (Wildman–Crippen LogP) is 8.08. The molecule has 5 rings (SSSR count). The van der Waals surface area contributed by atoms with Crippen molar-refractivity contribution in [1.29, 1.82) is 0 Å². The van der Waals surface area contributed by atoms with Crippen molar-refractivity contribution in [3.05, 3.63) is 76.9 Å². The van der Waals surface area contributed by atoms with Crippen LogP contribution in [0.25, 0.3) is 22.2 Å². The summed E-state index contributed by atoms with van der Waals surface area (Å²) in [5, 5.41) is 6.87. The van der Waals surface area contributed by atoms with Crippen LogP contribution in [0.5, 0.6) is 23.0 Å². The Bertz CT molecular complexity index is 1780. The van der Waals surface area contributed by atoms with Gasteiger partial charge in [-0.3, -0.25) is 10.3 Å². The van der Waals surface area contributed by atoms with Gasteiger partial charge < -0.3 is 24.5 Å². The summed E-state index contributed by atoms with van der Waals surface area (Å²) in [6.07, 6.45) is 3.22. The Hall–Kier alpha value is -4.54. The molecule has 0 aliphatic heterocycles. The number of amides is 2. The lowest BCUT2D eigenvalue weighted by molar-refractivity contribution is 0.262. The van der Waals surface area contributed by atoms with Crippen LogP contribution in [0.3, 0.4) is 0 Å². The highest BCUT2D eigenvalue weighted by Gasteiger charge is 2.24. The summed E-state index contributed by atoms with van der Waals surface area (Å²) in [4.78, 5) is 29.5. The largest absolute Gasteiger partial charge is 0.493 e. The van der Waals surface area contributed by atoms with Crippen LogP contribution in [0, 0.1) is 0 Å². The molecule has 0 radical (unpaired) electrons. The van der Waals surface area contributed by atoms with Gasteiger partial charge in [0, 0.05) is 40.9 Å². The molecule has 3 N–H and O–H groups in total. The van der Waals surface area contributed by atoms with E-state index >= 15 is 0 Å². The van der Waals surface area contributed by atoms with Gasteiger partial charge in [-0.1, -0.05) is 44.0 Å². The molecule has 12 heteroatoms. The molecule has 2 aromatic carbocycles. The zero-order valence-electron chi connectivity index (χ0n) is 23.5. The van der Waals surface area contributed by atoms with E-state index in [1.54, 1.807) is 75.1 Å². The Morgan fingerprint density at radius 2 is 1.67 bits per heavy atom. The third kappa shape index (κ3) is 6.05. The van der Waals surface area contributed by atoms with Crippen LogP contribution >= 0.6 is 23.2 Å². The second-order valence-corrected chi connectivity index (χ2v) is 11.0. The van der Waals surface area contributed by atoms with Crippen LogP contribution in [0.1, 0.15) is 26.6 Å². The molecule has 0 atom stereocenters. The second kappa shape index (κ2) is 11.8. The van der Waals surface area contributed by atoms with E-state index in [4.69, 9.17) is 42.4 Å². The number of nitrogens with one attached hydrogen (secondary N) is 3. The quantitative estimate of drug-likeness (QED) is 0.160. The number of methoxy groups -OCH3 is 2. The van der Waals surface area contributed by atoms with E-state index in [-0.39, 0.29) is 15.6 Å². The van der Waals surface area contributed by atoms with Crippen LogP contribution < -0.4 is 24.8 Å². The van der Waals surface area contributed by atoms with Gasteiger partial charge in [0.1, 0.15) is 34.0 Å². The van der Waals surface area contributed by atoms with Gasteiger partial charge in [-0.25, -0.2) is 14.8 Å². The molecule has 2 amide bonds. The van der Waals surface area contributed by atoms with Crippen molar-refractivity contribution in [2.75, 3.05) is 24.9 Å². The maximum absolute atomic E-state index is 13.1. The van der Waals surface area contributed by atoms with E-state index in [0.717, 1.165) is 5.39 Å². The van der Waals surface area contributed by atoms with E-state index in [2.05, 4.69) is 25.6 Å². The first-order valence-electron chi connectivity index (χ1n) is 12.8. The van der Waals surface area contributed by atoms with E-state index in [9.17, 15) is 4.79 Å². The zero-order chi connectivity index (χ0) is 30.0. The highest BCUT2D eigenvalue weighted by molar-refractivity contribution is 6.34. The van der Waals surface area contributed by atoms with Crippen molar-refractivity contribution in [2.45, 2.75) is 26.2 Å². The Balaban J connectivity index is 1.36. The number of imidazole rings is 1. The fourth-order valence-corrected chi connectivity index (χ4v) is 4.59. The van der Waals surface area contributed by atoms with Crippen LogP contribution in [0.4, 0.5) is 16.3 Å². The SMILES string of the molecule is COc1cc2nccc(Oc3ccc(NC(=O)Nc4[nH]c(C(C)(C)C)nc4-c4cccnc4Cl)c(Cl)c3)c2cc1OC. The Kier molecular flexibility index (Phi) is 8.11. The van der Waals surface area contributed by atoms with Gasteiger partial charge in [0.05, 0.1) is 30.4 Å². The number of H-pyrrole nitrogens is 1. The van der Waals surface area contributed by atoms with E-state index < -0.39 is 6.03 Å². The Morgan fingerprint density at radius 3 is 2.36 bits per heavy atom. The molecule has 10 nitrogen and oxygen atoms in total. The maximum Gasteiger partial charge on any atom is 0.324 e. The molecular weight excluding hydrogens is 579 g/mol. The number of carbonyl (C=O) groups is 1. The molecule has 0 bridgehead atoms. The van der Waals surface area contributed by atoms with Gasteiger partial charge in [0.2, 0.25) is 0 Å². The number of halogens is 2. The molecule has 0 saturated heterocycles. The summed E-state index contributed by atoms with van der Waals surface area (Å²) in [6.45, 7) is 6.03. The lowest BCUT2D eigenvalue weighted by atomic mass is 9.96. The van der Waals surface area contributed by atoms with Crippen LogP contribution in [0.15, 0.2) is 60.9 Å². The van der Waals surface area contributed by atoms with Crippen LogP contribution in [-0.2, 0) is 5.41 Å². The number of ether oxygens (including phenoxy) is 3. The highest BCUT2D eigenvalue weighted by atomic mass is 35.5. The summed E-state index contributed by atoms with van der Waals surface area (Å²) < 4.78 is 16.9. The van der Waals surface area contributed by atoms with Crippen molar-refractivity contribution in [3.63, 3.8) is 0 Å². The number of urea groups is 1. The van der Waals surface area contributed by atoms with E-state index in [1.807, 2.05) is 20.8 Å². The van der Waals surface area contributed by atoms with Gasteiger partial charge >= 0.3 is 6.03 Å². The van der Waals surface area contributed by atoms with Gasteiger partial charge in [0.25, 0.3) is 0 Å². The Labute approximate surface area is 252 Å². The van der Waals surface area contributed by atoms with Crippen molar-refractivity contribution in [1.82, 2.24) is 19.9 Å². The number of fused-ring (bicyclic) bond motifs is 1. The van der Waals surface area contributed by atoms with E-state index in [1.165, 1.54) is 0 Å². The summed E-state index contributed by atoms with van der Waals surface area (Å²) in [5.74, 6) is 3.17. The number of pyridine rings is 2. The standard InChI is InChI=1S/C30H28Cl2N6O4/c1-30(2,3)28-36-25(17-7-6-11-34-26(17)32)27(37-28)38-29(39)35-20-9-8-16(13-19(20)31)42-22-10-12-33-21-15-24(41-5)23(40-4)14-18(21)22/h6-15H,1-5H3,(H,36,37)(H2,35,38,39). The highest BCUT2D eigenvalue weighted by Crippen LogP contribution is 2.38. The third-order valence-corrected chi connectivity index (χ3v) is 6.90. The van der Waals surface area contributed by atoms with E-state index in [0.29, 0.717) is 57.1 Å². The molecule has 0 aliphatic rings. The number of carbonyl (C=O) groups excluding carboxylic acids is 1. The monoisotopic (exact) mass is 606 g/mol.